The highest BCUT2D eigenvalue weighted by molar-refractivity contribution is 7.10. The highest BCUT2D eigenvalue weighted by atomic mass is 32.1. The van der Waals surface area contributed by atoms with E-state index in [1.807, 2.05) is 29.1 Å². The topological polar surface area (TPSA) is 49.3 Å². The summed E-state index contributed by atoms with van der Waals surface area (Å²) in [5.74, 6) is 5.39. The number of aliphatic hydroxyl groups is 1. The smallest absolute Gasteiger partial charge is 0.252 e. The number of amides is 1. The zero-order chi connectivity index (χ0) is 13.7. The fourth-order valence-corrected chi connectivity index (χ4v) is 3.12. The molecule has 19 heavy (non-hydrogen) atoms. The second-order valence-electron chi connectivity index (χ2n) is 3.91. The second-order valence-corrected chi connectivity index (χ2v) is 5.65. The Morgan fingerprint density at radius 2 is 2.26 bits per heavy atom. The second kappa shape index (κ2) is 6.53. The molecule has 2 N–H and O–H groups in total. The molecular weight excluding hydrogens is 278 g/mol. The third-order valence-corrected chi connectivity index (χ3v) is 4.29. The summed E-state index contributed by atoms with van der Waals surface area (Å²) in [6.45, 7) is 2.29. The van der Waals surface area contributed by atoms with Crippen LogP contribution in [0.4, 0.5) is 0 Å². The minimum absolute atomic E-state index is 0.0462. The Labute approximate surface area is 119 Å². The molecule has 0 unspecified atom stereocenters. The molecule has 0 saturated heterocycles. The van der Waals surface area contributed by atoms with Gasteiger partial charge in [-0.05, 0) is 23.9 Å². The fourth-order valence-electron chi connectivity index (χ4n) is 1.54. The number of thiophene rings is 2. The van der Waals surface area contributed by atoms with Crippen molar-refractivity contribution in [3.8, 4) is 11.8 Å². The van der Waals surface area contributed by atoms with E-state index in [9.17, 15) is 4.79 Å². The zero-order valence-corrected chi connectivity index (χ0v) is 12.0. The molecule has 0 saturated carbocycles. The minimum Gasteiger partial charge on any atom is -0.384 e. The SMILES string of the molecule is Cc1cscc1C(=O)NCc1cc(C#CCO)cs1. The van der Waals surface area contributed by atoms with Gasteiger partial charge >= 0.3 is 0 Å². The van der Waals surface area contributed by atoms with Crippen molar-refractivity contribution < 1.29 is 9.90 Å². The van der Waals surface area contributed by atoms with Gasteiger partial charge in [0, 0.05) is 21.2 Å². The molecule has 98 valence electrons. The lowest BCUT2D eigenvalue weighted by Gasteiger charge is -2.02. The lowest BCUT2D eigenvalue weighted by atomic mass is 10.2. The van der Waals surface area contributed by atoms with Crippen LogP contribution < -0.4 is 5.32 Å². The molecule has 2 heterocycles. The summed E-state index contributed by atoms with van der Waals surface area (Å²) in [6.07, 6.45) is 0. The van der Waals surface area contributed by atoms with E-state index in [2.05, 4.69) is 17.2 Å². The third-order valence-electron chi connectivity index (χ3n) is 2.49. The van der Waals surface area contributed by atoms with Gasteiger partial charge in [0.15, 0.2) is 0 Å². The van der Waals surface area contributed by atoms with Gasteiger partial charge in [-0.25, -0.2) is 0 Å². The predicted octanol–water partition coefficient (Wildman–Crippen LogP) is 2.39. The quantitative estimate of drug-likeness (QED) is 0.853. The van der Waals surface area contributed by atoms with Gasteiger partial charge in [-0.1, -0.05) is 11.8 Å². The van der Waals surface area contributed by atoms with Crippen molar-refractivity contribution in [2.75, 3.05) is 6.61 Å². The molecule has 2 rings (SSSR count). The number of carbonyl (C=O) groups excluding carboxylic acids is 1. The van der Waals surface area contributed by atoms with Crippen molar-refractivity contribution in [3.05, 3.63) is 43.8 Å². The number of rotatable bonds is 3. The predicted molar refractivity (Wildman–Crippen MR) is 78.5 cm³/mol. The van der Waals surface area contributed by atoms with E-state index < -0.39 is 0 Å². The Bertz CT molecular complexity index is 631. The summed E-state index contributed by atoms with van der Waals surface area (Å²) in [7, 11) is 0. The van der Waals surface area contributed by atoms with Crippen LogP contribution in [0.5, 0.6) is 0 Å². The number of hydrogen-bond acceptors (Lipinski definition) is 4. The summed E-state index contributed by atoms with van der Waals surface area (Å²) >= 11 is 3.08. The van der Waals surface area contributed by atoms with Crippen LogP contribution in [0.1, 0.15) is 26.4 Å². The zero-order valence-electron chi connectivity index (χ0n) is 10.4. The molecule has 0 aliphatic carbocycles. The van der Waals surface area contributed by atoms with E-state index in [4.69, 9.17) is 5.11 Å². The van der Waals surface area contributed by atoms with Gasteiger partial charge in [-0.2, -0.15) is 11.3 Å². The van der Waals surface area contributed by atoms with Gasteiger partial charge in [0.2, 0.25) is 0 Å². The van der Waals surface area contributed by atoms with Crippen molar-refractivity contribution in [1.82, 2.24) is 5.32 Å². The molecular formula is C14H13NO2S2. The highest BCUT2D eigenvalue weighted by Crippen LogP contribution is 2.16. The number of aryl methyl sites for hydroxylation is 1. The van der Waals surface area contributed by atoms with Crippen LogP contribution in [-0.4, -0.2) is 17.6 Å². The van der Waals surface area contributed by atoms with Crippen LogP contribution in [0, 0.1) is 18.8 Å². The van der Waals surface area contributed by atoms with Gasteiger partial charge in [0.25, 0.3) is 5.91 Å². The van der Waals surface area contributed by atoms with E-state index >= 15 is 0 Å². The van der Waals surface area contributed by atoms with Crippen LogP contribution in [0.25, 0.3) is 0 Å². The first kappa shape index (κ1) is 13.8. The molecule has 0 radical (unpaired) electrons. The number of nitrogens with one attached hydrogen (secondary N) is 1. The Kier molecular flexibility index (Phi) is 4.74. The summed E-state index contributed by atoms with van der Waals surface area (Å²) in [5.41, 5.74) is 2.61. The Morgan fingerprint density at radius 1 is 1.42 bits per heavy atom. The summed E-state index contributed by atoms with van der Waals surface area (Å²) in [6, 6.07) is 1.92. The average Bonchev–Trinajstić information content (AvgIpc) is 3.02. The Balaban J connectivity index is 1.94. The fraction of sp³-hybridized carbons (Fsp3) is 0.214. The number of aliphatic hydroxyl groups excluding tert-OH is 1. The van der Waals surface area contributed by atoms with Crippen LogP contribution in [0.2, 0.25) is 0 Å². The molecule has 0 atom stereocenters. The highest BCUT2D eigenvalue weighted by Gasteiger charge is 2.09. The van der Waals surface area contributed by atoms with E-state index in [1.165, 1.54) is 11.3 Å². The van der Waals surface area contributed by atoms with Gasteiger partial charge in [0.1, 0.15) is 6.61 Å². The number of hydrogen-bond donors (Lipinski definition) is 2. The summed E-state index contributed by atoms with van der Waals surface area (Å²) in [5, 5.41) is 17.2. The summed E-state index contributed by atoms with van der Waals surface area (Å²) < 4.78 is 0. The molecule has 0 spiro atoms. The van der Waals surface area contributed by atoms with Crippen molar-refractivity contribution in [2.45, 2.75) is 13.5 Å². The van der Waals surface area contributed by atoms with Crippen molar-refractivity contribution in [2.24, 2.45) is 0 Å². The molecule has 5 heteroatoms. The Hall–Kier alpha value is -1.61. The average molecular weight is 291 g/mol. The Morgan fingerprint density at radius 3 is 2.95 bits per heavy atom. The maximum absolute atomic E-state index is 11.9. The molecule has 2 aromatic rings. The summed E-state index contributed by atoms with van der Waals surface area (Å²) in [4.78, 5) is 13.0. The van der Waals surface area contributed by atoms with Gasteiger partial charge in [0.05, 0.1) is 12.1 Å². The maximum Gasteiger partial charge on any atom is 0.252 e. The van der Waals surface area contributed by atoms with Gasteiger partial charge < -0.3 is 10.4 Å². The lowest BCUT2D eigenvalue weighted by molar-refractivity contribution is 0.0951. The van der Waals surface area contributed by atoms with Crippen LogP contribution in [0.3, 0.4) is 0 Å². The van der Waals surface area contributed by atoms with Crippen molar-refractivity contribution >= 4 is 28.6 Å². The van der Waals surface area contributed by atoms with Gasteiger partial charge in [-0.3, -0.25) is 4.79 Å². The third kappa shape index (κ3) is 3.67. The van der Waals surface area contributed by atoms with Crippen LogP contribution in [0.15, 0.2) is 22.2 Å². The normalized spacial score (nSPS) is 9.79. The van der Waals surface area contributed by atoms with Gasteiger partial charge in [-0.15, -0.1) is 11.3 Å². The van der Waals surface area contributed by atoms with Crippen molar-refractivity contribution in [3.63, 3.8) is 0 Å². The standard InChI is InChI=1S/C14H13NO2S2/c1-10-7-18-9-13(10)14(17)15-6-12-5-11(8-19-12)3-2-4-16/h5,7-9,16H,4,6H2,1H3,(H,15,17). The maximum atomic E-state index is 11.9. The van der Waals surface area contributed by atoms with E-state index in [0.717, 1.165) is 21.6 Å². The first-order valence-electron chi connectivity index (χ1n) is 5.69. The largest absolute Gasteiger partial charge is 0.384 e. The molecule has 3 nitrogen and oxygen atoms in total. The monoisotopic (exact) mass is 291 g/mol. The van der Waals surface area contributed by atoms with E-state index in [1.54, 1.807) is 11.3 Å². The molecule has 0 aliphatic rings. The minimum atomic E-state index is -0.140. The number of carbonyl (C=O) groups is 1. The molecule has 0 fully saturated rings. The van der Waals surface area contributed by atoms with E-state index in [0.29, 0.717) is 6.54 Å². The first-order chi connectivity index (χ1) is 9.20. The molecule has 0 aromatic carbocycles. The molecule has 0 bridgehead atoms. The van der Waals surface area contributed by atoms with E-state index in [-0.39, 0.29) is 12.5 Å². The lowest BCUT2D eigenvalue weighted by Crippen LogP contribution is -2.22. The molecule has 1 amide bonds. The van der Waals surface area contributed by atoms with Crippen molar-refractivity contribution in [1.29, 1.82) is 0 Å². The molecule has 2 aromatic heterocycles. The van der Waals surface area contributed by atoms with Crippen LogP contribution >= 0.6 is 22.7 Å². The first-order valence-corrected chi connectivity index (χ1v) is 7.51. The van der Waals surface area contributed by atoms with Crippen LogP contribution in [-0.2, 0) is 6.54 Å². The molecule has 0 aliphatic heterocycles.